The van der Waals surface area contributed by atoms with E-state index in [1.165, 1.54) is 17.7 Å². The molecule has 0 saturated carbocycles. The number of aromatic nitrogens is 2. The molecule has 2 heterocycles. The zero-order chi connectivity index (χ0) is 13.2. The van der Waals surface area contributed by atoms with Crippen LogP contribution in [-0.2, 0) is 0 Å². The number of ether oxygens (including phenoxy) is 1. The van der Waals surface area contributed by atoms with Gasteiger partial charge < -0.3 is 4.74 Å². The van der Waals surface area contributed by atoms with Crippen molar-refractivity contribution in [3.05, 3.63) is 46.6 Å². The quantitative estimate of drug-likeness (QED) is 0.714. The van der Waals surface area contributed by atoms with Gasteiger partial charge in [-0.15, -0.1) is 11.3 Å². The third kappa shape index (κ3) is 2.24. The first-order valence-corrected chi connectivity index (χ1v) is 6.59. The summed E-state index contributed by atoms with van der Waals surface area (Å²) in [6.45, 7) is 0. The fourth-order valence-corrected chi connectivity index (χ4v) is 2.59. The minimum atomic E-state index is 0.377. The molecule has 0 aliphatic heterocycles. The van der Waals surface area contributed by atoms with E-state index in [9.17, 15) is 0 Å². The Morgan fingerprint density at radius 1 is 1.26 bits per heavy atom. The van der Waals surface area contributed by atoms with E-state index in [1.807, 2.05) is 17.5 Å². The summed E-state index contributed by atoms with van der Waals surface area (Å²) in [6.07, 6.45) is 1.45. The molecule has 0 N–H and O–H groups in total. The minimum absolute atomic E-state index is 0.377. The van der Waals surface area contributed by atoms with E-state index in [-0.39, 0.29) is 0 Å². The standard InChI is InChI=1S/C13H6ClN3OS/c14-9-5-8(6-15)1-2-11(9)18-13-12-10(3-4-19-12)16-7-17-13/h1-5,7H. The monoisotopic (exact) mass is 287 g/mol. The molecule has 6 heteroatoms. The number of thiophene rings is 1. The number of rotatable bonds is 2. The van der Waals surface area contributed by atoms with Gasteiger partial charge in [-0.25, -0.2) is 9.97 Å². The molecule has 19 heavy (non-hydrogen) atoms. The Kier molecular flexibility index (Phi) is 3.03. The molecule has 0 aliphatic carbocycles. The number of halogens is 1. The Morgan fingerprint density at radius 2 is 2.16 bits per heavy atom. The Hall–Kier alpha value is -2.16. The second kappa shape index (κ2) is 4.84. The second-order valence-corrected chi connectivity index (χ2v) is 5.00. The first kappa shape index (κ1) is 11.9. The van der Waals surface area contributed by atoms with Crippen molar-refractivity contribution in [2.45, 2.75) is 0 Å². The summed E-state index contributed by atoms with van der Waals surface area (Å²) in [5.74, 6) is 0.931. The zero-order valence-electron chi connectivity index (χ0n) is 9.50. The van der Waals surface area contributed by atoms with Gasteiger partial charge in [0, 0.05) is 0 Å². The van der Waals surface area contributed by atoms with Crippen LogP contribution in [0.15, 0.2) is 36.0 Å². The van der Waals surface area contributed by atoms with Gasteiger partial charge in [0.2, 0.25) is 5.88 Å². The third-order valence-electron chi connectivity index (χ3n) is 2.48. The van der Waals surface area contributed by atoms with Crippen LogP contribution in [-0.4, -0.2) is 9.97 Å². The fraction of sp³-hybridized carbons (Fsp3) is 0. The van der Waals surface area contributed by atoms with Gasteiger partial charge in [0.15, 0.2) is 0 Å². The van der Waals surface area contributed by atoms with Crippen molar-refractivity contribution in [1.29, 1.82) is 5.26 Å². The van der Waals surface area contributed by atoms with Gasteiger partial charge in [0.1, 0.15) is 16.8 Å². The fourth-order valence-electron chi connectivity index (χ4n) is 1.60. The number of fused-ring (bicyclic) bond motifs is 1. The number of nitriles is 1. The molecule has 3 rings (SSSR count). The maximum absolute atomic E-state index is 8.79. The Balaban J connectivity index is 2.02. The topological polar surface area (TPSA) is 58.8 Å². The van der Waals surface area contributed by atoms with Gasteiger partial charge in [-0.05, 0) is 29.6 Å². The molecule has 2 aromatic heterocycles. The maximum atomic E-state index is 8.79. The van der Waals surface area contributed by atoms with Gasteiger partial charge >= 0.3 is 0 Å². The molecule has 4 nitrogen and oxygen atoms in total. The van der Waals surface area contributed by atoms with Crippen molar-refractivity contribution < 1.29 is 4.74 Å². The summed E-state index contributed by atoms with van der Waals surface area (Å²) in [6, 6.07) is 8.78. The molecule has 0 saturated heterocycles. The van der Waals surface area contributed by atoms with E-state index >= 15 is 0 Å². The molecule has 0 unspecified atom stereocenters. The van der Waals surface area contributed by atoms with Crippen LogP contribution in [0.25, 0.3) is 10.2 Å². The van der Waals surface area contributed by atoms with Crippen molar-refractivity contribution in [3.8, 4) is 17.7 Å². The molecule has 0 spiro atoms. The van der Waals surface area contributed by atoms with Gasteiger partial charge in [-0.1, -0.05) is 11.6 Å². The predicted molar refractivity (Wildman–Crippen MR) is 73.7 cm³/mol. The van der Waals surface area contributed by atoms with Crippen LogP contribution >= 0.6 is 22.9 Å². The number of hydrogen-bond donors (Lipinski definition) is 0. The summed E-state index contributed by atoms with van der Waals surface area (Å²) in [7, 11) is 0. The van der Waals surface area contributed by atoms with Crippen molar-refractivity contribution in [3.63, 3.8) is 0 Å². The van der Waals surface area contributed by atoms with E-state index in [0.29, 0.717) is 22.2 Å². The van der Waals surface area contributed by atoms with Crippen LogP contribution < -0.4 is 4.74 Å². The number of benzene rings is 1. The van der Waals surface area contributed by atoms with Crippen LogP contribution in [0.4, 0.5) is 0 Å². The van der Waals surface area contributed by atoms with Crippen molar-refractivity contribution in [2.24, 2.45) is 0 Å². The van der Waals surface area contributed by atoms with Gasteiger partial charge in [0.25, 0.3) is 0 Å². The molecule has 0 atom stereocenters. The Morgan fingerprint density at radius 3 is 2.95 bits per heavy atom. The smallest absolute Gasteiger partial charge is 0.240 e. The highest BCUT2D eigenvalue weighted by Gasteiger charge is 2.10. The van der Waals surface area contributed by atoms with E-state index in [0.717, 1.165) is 10.2 Å². The van der Waals surface area contributed by atoms with E-state index < -0.39 is 0 Å². The summed E-state index contributed by atoms with van der Waals surface area (Å²) < 4.78 is 6.56. The lowest BCUT2D eigenvalue weighted by atomic mass is 10.2. The molecular formula is C13H6ClN3OS. The summed E-state index contributed by atoms with van der Waals surface area (Å²) in [5, 5.41) is 11.1. The average Bonchev–Trinajstić information content (AvgIpc) is 2.90. The van der Waals surface area contributed by atoms with Gasteiger partial charge in [-0.2, -0.15) is 5.26 Å². The lowest BCUT2D eigenvalue weighted by Crippen LogP contribution is -1.90. The van der Waals surface area contributed by atoms with Gasteiger partial charge in [-0.3, -0.25) is 0 Å². The van der Waals surface area contributed by atoms with E-state index in [2.05, 4.69) is 9.97 Å². The normalized spacial score (nSPS) is 10.3. The first-order valence-electron chi connectivity index (χ1n) is 5.33. The molecule has 0 radical (unpaired) electrons. The molecule has 3 aromatic rings. The number of hydrogen-bond acceptors (Lipinski definition) is 5. The predicted octanol–water partition coefficient (Wildman–Crippen LogP) is 4.01. The Labute approximate surface area is 117 Å². The lowest BCUT2D eigenvalue weighted by molar-refractivity contribution is 0.469. The van der Waals surface area contributed by atoms with E-state index in [4.69, 9.17) is 21.6 Å². The second-order valence-electron chi connectivity index (χ2n) is 3.67. The van der Waals surface area contributed by atoms with Crippen molar-refractivity contribution >= 4 is 33.2 Å². The van der Waals surface area contributed by atoms with Crippen LogP contribution in [0.5, 0.6) is 11.6 Å². The molecule has 0 bridgehead atoms. The molecule has 1 aromatic carbocycles. The molecular weight excluding hydrogens is 282 g/mol. The van der Waals surface area contributed by atoms with Crippen LogP contribution in [0.3, 0.4) is 0 Å². The van der Waals surface area contributed by atoms with Crippen molar-refractivity contribution in [1.82, 2.24) is 9.97 Å². The SMILES string of the molecule is N#Cc1ccc(Oc2ncnc3ccsc23)c(Cl)c1. The molecule has 92 valence electrons. The largest absolute Gasteiger partial charge is 0.436 e. The third-order valence-corrected chi connectivity index (χ3v) is 3.67. The molecule has 0 amide bonds. The average molecular weight is 288 g/mol. The first-order chi connectivity index (χ1) is 9.28. The summed E-state index contributed by atoms with van der Waals surface area (Å²) in [5.41, 5.74) is 1.32. The zero-order valence-corrected chi connectivity index (χ0v) is 11.1. The van der Waals surface area contributed by atoms with Crippen LogP contribution in [0.1, 0.15) is 5.56 Å². The highest BCUT2D eigenvalue weighted by molar-refractivity contribution is 7.17. The highest BCUT2D eigenvalue weighted by Crippen LogP contribution is 2.34. The van der Waals surface area contributed by atoms with Crippen LogP contribution in [0, 0.1) is 11.3 Å². The number of nitrogens with zero attached hydrogens (tertiary/aromatic N) is 3. The van der Waals surface area contributed by atoms with Crippen LogP contribution in [0.2, 0.25) is 5.02 Å². The highest BCUT2D eigenvalue weighted by atomic mass is 35.5. The summed E-state index contributed by atoms with van der Waals surface area (Å²) in [4.78, 5) is 8.25. The van der Waals surface area contributed by atoms with Gasteiger partial charge in [0.05, 0.1) is 22.2 Å². The molecule has 0 aliphatic rings. The summed E-state index contributed by atoms with van der Waals surface area (Å²) >= 11 is 7.57. The Bertz CT molecular complexity index is 794. The maximum Gasteiger partial charge on any atom is 0.240 e. The van der Waals surface area contributed by atoms with E-state index in [1.54, 1.807) is 18.2 Å². The molecule has 0 fully saturated rings. The van der Waals surface area contributed by atoms with Crippen molar-refractivity contribution in [2.75, 3.05) is 0 Å². The lowest BCUT2D eigenvalue weighted by Gasteiger charge is -2.07. The minimum Gasteiger partial charge on any atom is -0.436 e.